The number of hydrogen-bond donors (Lipinski definition) is 3. The molecule has 7 nitrogen and oxygen atoms in total. The Hall–Kier alpha value is -0.720. The van der Waals surface area contributed by atoms with Crippen molar-refractivity contribution in [2.24, 2.45) is 0 Å². The van der Waals surface area contributed by atoms with Crippen molar-refractivity contribution in [3.63, 3.8) is 0 Å². The highest BCUT2D eigenvalue weighted by Gasteiger charge is 2.17. The minimum Gasteiger partial charge on any atom is -0.463 e. The van der Waals surface area contributed by atoms with Crippen molar-refractivity contribution in [1.29, 1.82) is 0 Å². The summed E-state index contributed by atoms with van der Waals surface area (Å²) >= 11 is 0. The maximum atomic E-state index is 11.6. The van der Waals surface area contributed by atoms with E-state index in [9.17, 15) is 14.5 Å². The summed E-state index contributed by atoms with van der Waals surface area (Å²) < 4.78 is 19.5. The fourth-order valence-electron chi connectivity index (χ4n) is 3.01. The number of hydrogen-bond acceptors (Lipinski definition) is 5. The van der Waals surface area contributed by atoms with E-state index < -0.39 is 26.5 Å². The van der Waals surface area contributed by atoms with Gasteiger partial charge in [0.05, 0.1) is 6.61 Å². The van der Waals surface area contributed by atoms with Gasteiger partial charge in [-0.05, 0) is 32.1 Å². The van der Waals surface area contributed by atoms with E-state index in [1.807, 2.05) is 0 Å². The molecule has 0 heterocycles. The maximum Gasteiger partial charge on any atom is 0.469 e. The van der Waals surface area contributed by atoms with Crippen molar-refractivity contribution in [2.75, 3.05) is 13.2 Å². The molecule has 0 amide bonds. The van der Waals surface area contributed by atoms with Crippen LogP contribution in [0.3, 0.4) is 0 Å². The topological polar surface area (TPSA) is 113 Å². The van der Waals surface area contributed by atoms with Gasteiger partial charge in [-0.15, -0.1) is 0 Å². The second-order valence-corrected chi connectivity index (χ2v) is 9.05. The molecule has 0 bridgehead atoms. The number of esters is 1. The number of aliphatic hydroxyl groups is 1. The van der Waals surface area contributed by atoms with Gasteiger partial charge in [0.1, 0.15) is 12.7 Å². The first-order valence-electron chi connectivity index (χ1n) is 11.5. The molecule has 0 aromatic carbocycles. The largest absolute Gasteiger partial charge is 0.469 e. The van der Waals surface area contributed by atoms with Crippen LogP contribution in [0.2, 0.25) is 0 Å². The summed E-state index contributed by atoms with van der Waals surface area (Å²) in [5.41, 5.74) is 0. The molecule has 0 aliphatic rings. The van der Waals surface area contributed by atoms with Crippen molar-refractivity contribution < 1.29 is 33.5 Å². The van der Waals surface area contributed by atoms with Gasteiger partial charge in [0, 0.05) is 6.42 Å². The average Bonchev–Trinajstić information content (AvgIpc) is 2.69. The molecule has 0 aromatic rings. The number of unbranched alkanes of at least 4 members (excludes halogenated alkanes) is 12. The Morgan fingerprint density at radius 1 is 0.833 bits per heavy atom. The Morgan fingerprint density at radius 3 is 1.87 bits per heavy atom. The van der Waals surface area contributed by atoms with E-state index in [0.717, 1.165) is 25.7 Å². The fourth-order valence-corrected chi connectivity index (χ4v) is 3.38. The number of phosphoric ester groups is 1. The predicted molar refractivity (Wildman–Crippen MR) is 119 cm³/mol. The van der Waals surface area contributed by atoms with Crippen LogP contribution in [0.1, 0.15) is 103 Å². The second-order valence-electron chi connectivity index (χ2n) is 7.81. The van der Waals surface area contributed by atoms with Gasteiger partial charge in [0.25, 0.3) is 0 Å². The number of ether oxygens (including phenoxy) is 1. The highest BCUT2D eigenvalue weighted by molar-refractivity contribution is 7.46. The zero-order chi connectivity index (χ0) is 22.5. The summed E-state index contributed by atoms with van der Waals surface area (Å²) in [5.74, 6) is -0.416. The molecule has 30 heavy (non-hydrogen) atoms. The highest BCUT2D eigenvalue weighted by Crippen LogP contribution is 2.35. The summed E-state index contributed by atoms with van der Waals surface area (Å²) in [6.45, 7) is 1.34. The Bertz CT molecular complexity index is 476. The van der Waals surface area contributed by atoms with Crippen molar-refractivity contribution >= 4 is 13.8 Å². The molecule has 0 spiro atoms. The van der Waals surface area contributed by atoms with Gasteiger partial charge in [-0.1, -0.05) is 76.9 Å². The van der Waals surface area contributed by atoms with Gasteiger partial charge in [-0.25, -0.2) is 4.57 Å². The minimum absolute atomic E-state index is 0.285. The molecule has 0 radical (unpaired) electrons. The Balaban J connectivity index is 3.36. The van der Waals surface area contributed by atoms with Crippen molar-refractivity contribution in [3.8, 4) is 0 Å². The number of carbonyl (C=O) groups excluding carboxylic acids is 1. The number of rotatable bonds is 21. The fraction of sp³-hybridized carbons (Fsp3) is 0.864. The van der Waals surface area contributed by atoms with E-state index in [-0.39, 0.29) is 13.0 Å². The minimum atomic E-state index is -4.62. The third-order valence-corrected chi connectivity index (χ3v) is 5.25. The number of allylic oxidation sites excluding steroid dienone is 2. The van der Waals surface area contributed by atoms with E-state index in [1.54, 1.807) is 0 Å². The van der Waals surface area contributed by atoms with Crippen molar-refractivity contribution in [3.05, 3.63) is 12.2 Å². The van der Waals surface area contributed by atoms with Crippen LogP contribution in [0.25, 0.3) is 0 Å². The molecule has 0 saturated heterocycles. The first-order chi connectivity index (χ1) is 14.3. The van der Waals surface area contributed by atoms with Crippen LogP contribution in [0.15, 0.2) is 12.2 Å². The van der Waals surface area contributed by atoms with Gasteiger partial charge < -0.3 is 19.6 Å². The van der Waals surface area contributed by atoms with E-state index in [1.165, 1.54) is 64.2 Å². The monoisotopic (exact) mass is 450 g/mol. The molecule has 3 N–H and O–H groups in total. The van der Waals surface area contributed by atoms with E-state index in [0.29, 0.717) is 0 Å². The molecule has 1 atom stereocenters. The molecule has 0 fully saturated rings. The lowest BCUT2D eigenvalue weighted by molar-refractivity contribution is -0.147. The van der Waals surface area contributed by atoms with E-state index in [2.05, 4.69) is 23.6 Å². The summed E-state index contributed by atoms with van der Waals surface area (Å²) in [6, 6.07) is 0. The van der Waals surface area contributed by atoms with E-state index >= 15 is 0 Å². The molecule has 0 saturated carbocycles. The van der Waals surface area contributed by atoms with Crippen LogP contribution in [0, 0.1) is 0 Å². The molecule has 1 unspecified atom stereocenters. The highest BCUT2D eigenvalue weighted by atomic mass is 31.2. The zero-order valence-electron chi connectivity index (χ0n) is 18.7. The number of aliphatic hydroxyl groups excluding tert-OH is 1. The van der Waals surface area contributed by atoms with Gasteiger partial charge in [-0.2, -0.15) is 0 Å². The lowest BCUT2D eigenvalue weighted by atomic mass is 10.1. The van der Waals surface area contributed by atoms with Gasteiger partial charge in [0.15, 0.2) is 0 Å². The quantitative estimate of drug-likeness (QED) is 0.0925. The Labute approximate surface area is 182 Å². The molecule has 0 rings (SSSR count). The lowest BCUT2D eigenvalue weighted by Crippen LogP contribution is -2.23. The third-order valence-electron chi connectivity index (χ3n) is 4.76. The molecule has 8 heteroatoms. The molecular formula is C22H43O7P. The maximum absolute atomic E-state index is 11.6. The summed E-state index contributed by atoms with van der Waals surface area (Å²) in [5, 5.41) is 9.42. The standard InChI is InChI=1S/C22H43O7P/c1-2-3-4-5-6-7-8-9-10-11-12-13-14-15-16-17-18-22(24)28-19-21(23)20-29-30(25,26)27/h9-10,21,23H,2-8,11-20H2,1H3,(H2,25,26,27). The first-order valence-corrected chi connectivity index (χ1v) is 13.1. The SMILES string of the molecule is CCCCCCCCC=CCCCCCCCCC(=O)OCC(O)COP(=O)(O)O. The Morgan fingerprint density at radius 2 is 1.33 bits per heavy atom. The van der Waals surface area contributed by atoms with Gasteiger partial charge >= 0.3 is 13.8 Å². The molecule has 0 aliphatic heterocycles. The summed E-state index contributed by atoms with van der Waals surface area (Å²) in [6.07, 6.45) is 20.5. The van der Waals surface area contributed by atoms with E-state index in [4.69, 9.17) is 14.5 Å². The third kappa shape index (κ3) is 23.6. The van der Waals surface area contributed by atoms with Crippen LogP contribution < -0.4 is 0 Å². The average molecular weight is 451 g/mol. The van der Waals surface area contributed by atoms with Crippen LogP contribution in [0.4, 0.5) is 0 Å². The van der Waals surface area contributed by atoms with Gasteiger partial charge in [-0.3, -0.25) is 9.32 Å². The smallest absolute Gasteiger partial charge is 0.463 e. The normalized spacial score (nSPS) is 13.1. The molecule has 178 valence electrons. The summed E-state index contributed by atoms with van der Waals surface area (Å²) in [7, 11) is -4.62. The lowest BCUT2D eigenvalue weighted by Gasteiger charge is -2.12. The summed E-state index contributed by atoms with van der Waals surface area (Å²) in [4.78, 5) is 28.6. The zero-order valence-corrected chi connectivity index (χ0v) is 19.6. The number of phosphoric acid groups is 1. The van der Waals surface area contributed by atoms with Gasteiger partial charge in [0.2, 0.25) is 0 Å². The number of carbonyl (C=O) groups is 1. The molecule has 0 aromatic heterocycles. The molecule has 0 aliphatic carbocycles. The van der Waals surface area contributed by atoms with Crippen molar-refractivity contribution in [1.82, 2.24) is 0 Å². The van der Waals surface area contributed by atoms with Crippen LogP contribution >= 0.6 is 7.82 Å². The predicted octanol–water partition coefficient (Wildman–Crippen LogP) is 5.43. The first kappa shape index (κ1) is 29.3. The second kappa shape index (κ2) is 20.2. The van der Waals surface area contributed by atoms with Crippen molar-refractivity contribution in [2.45, 2.75) is 109 Å². The Kier molecular flexibility index (Phi) is 19.7. The van der Waals surface area contributed by atoms with Crippen LogP contribution in [-0.2, 0) is 18.6 Å². The van der Waals surface area contributed by atoms with Crippen LogP contribution in [0.5, 0.6) is 0 Å². The molecular weight excluding hydrogens is 407 g/mol. The van der Waals surface area contributed by atoms with Crippen LogP contribution in [-0.4, -0.2) is 40.2 Å².